The molecular weight excluding hydrogens is 234 g/mol. The molecule has 19 heavy (non-hydrogen) atoms. The Bertz CT molecular complexity index is 571. The summed E-state index contributed by atoms with van der Waals surface area (Å²) in [4.78, 5) is 0. The van der Waals surface area contributed by atoms with E-state index in [0.29, 0.717) is 6.10 Å². The van der Waals surface area contributed by atoms with Crippen molar-refractivity contribution in [1.82, 2.24) is 5.32 Å². The van der Waals surface area contributed by atoms with Crippen LogP contribution in [0.5, 0.6) is 0 Å². The van der Waals surface area contributed by atoms with Gasteiger partial charge in [0.05, 0.1) is 6.26 Å². The van der Waals surface area contributed by atoms with E-state index in [-0.39, 0.29) is 0 Å². The first kappa shape index (κ1) is 12.2. The molecule has 1 heterocycles. The monoisotopic (exact) mass is 253 g/mol. The van der Waals surface area contributed by atoms with Gasteiger partial charge in [0, 0.05) is 13.1 Å². The van der Waals surface area contributed by atoms with Crippen molar-refractivity contribution in [2.75, 3.05) is 6.54 Å². The summed E-state index contributed by atoms with van der Waals surface area (Å²) in [5.74, 6) is 0. The molecular formula is C17H19NO. The summed E-state index contributed by atoms with van der Waals surface area (Å²) < 4.78 is 5.56. The van der Waals surface area contributed by atoms with Crippen molar-refractivity contribution in [2.24, 2.45) is 0 Å². The number of fused-ring (bicyclic) bond motifs is 1. The maximum Gasteiger partial charge on any atom is 0.110 e. The van der Waals surface area contributed by atoms with Crippen LogP contribution < -0.4 is 5.32 Å². The molecule has 0 aliphatic carbocycles. The molecule has 2 heteroatoms. The molecule has 0 fully saturated rings. The van der Waals surface area contributed by atoms with Gasteiger partial charge in [-0.1, -0.05) is 42.5 Å². The van der Waals surface area contributed by atoms with E-state index in [0.717, 1.165) is 25.9 Å². The summed E-state index contributed by atoms with van der Waals surface area (Å²) in [6.07, 6.45) is 6.47. The van der Waals surface area contributed by atoms with Gasteiger partial charge in [-0.15, -0.1) is 0 Å². The first-order chi connectivity index (χ1) is 9.43. The summed E-state index contributed by atoms with van der Waals surface area (Å²) in [6.45, 7) is 1.80. The molecule has 1 N–H and O–H groups in total. The fraction of sp³-hybridized carbons (Fsp3) is 0.294. The van der Waals surface area contributed by atoms with Gasteiger partial charge in [0.2, 0.25) is 0 Å². The second kappa shape index (κ2) is 5.89. The van der Waals surface area contributed by atoms with Gasteiger partial charge in [-0.05, 0) is 35.3 Å². The topological polar surface area (TPSA) is 21.3 Å². The molecule has 0 amide bonds. The highest BCUT2D eigenvalue weighted by atomic mass is 16.5. The molecule has 1 atom stereocenters. The van der Waals surface area contributed by atoms with Crippen molar-refractivity contribution in [3.05, 3.63) is 60.4 Å². The molecule has 2 nitrogen and oxygen atoms in total. The van der Waals surface area contributed by atoms with Crippen molar-refractivity contribution in [2.45, 2.75) is 25.5 Å². The van der Waals surface area contributed by atoms with Crippen LogP contribution in [0.3, 0.4) is 0 Å². The van der Waals surface area contributed by atoms with Crippen molar-refractivity contribution in [3.63, 3.8) is 0 Å². The number of ether oxygens (including phenoxy) is 1. The second-order valence-electron chi connectivity index (χ2n) is 4.98. The average Bonchev–Trinajstić information content (AvgIpc) is 2.49. The Labute approximate surface area is 114 Å². The number of hydrogen-bond acceptors (Lipinski definition) is 2. The molecule has 0 bridgehead atoms. The highest BCUT2D eigenvalue weighted by Gasteiger charge is 2.10. The van der Waals surface area contributed by atoms with Gasteiger partial charge in [0.25, 0.3) is 0 Å². The minimum Gasteiger partial charge on any atom is -0.497 e. The Morgan fingerprint density at radius 2 is 2.00 bits per heavy atom. The average molecular weight is 253 g/mol. The summed E-state index contributed by atoms with van der Waals surface area (Å²) in [6, 6.07) is 15.0. The maximum atomic E-state index is 5.56. The minimum atomic E-state index is 0.319. The van der Waals surface area contributed by atoms with E-state index in [2.05, 4.69) is 53.9 Å². The normalized spacial score (nSPS) is 18.4. The maximum absolute atomic E-state index is 5.56. The molecule has 1 aliphatic heterocycles. The van der Waals surface area contributed by atoms with E-state index >= 15 is 0 Å². The Hall–Kier alpha value is -1.80. The summed E-state index contributed by atoms with van der Waals surface area (Å²) >= 11 is 0. The highest BCUT2D eigenvalue weighted by molar-refractivity contribution is 5.85. The van der Waals surface area contributed by atoms with Gasteiger partial charge in [-0.3, -0.25) is 0 Å². The molecule has 1 aliphatic rings. The molecule has 0 radical (unpaired) electrons. The molecule has 0 spiro atoms. The Balaban J connectivity index is 1.63. The predicted molar refractivity (Wildman–Crippen MR) is 78.9 cm³/mol. The van der Waals surface area contributed by atoms with E-state index in [4.69, 9.17) is 4.74 Å². The van der Waals surface area contributed by atoms with Crippen molar-refractivity contribution >= 4 is 10.8 Å². The van der Waals surface area contributed by atoms with Gasteiger partial charge in [0.15, 0.2) is 0 Å². The SMILES string of the molecule is C1=COC(CNCc2cccc3ccccc23)CC1. The van der Waals surface area contributed by atoms with Crippen LogP contribution in [0.2, 0.25) is 0 Å². The standard InChI is InChI=1S/C17H19NO/c1-2-10-17-14(6-1)7-5-8-15(17)12-18-13-16-9-3-4-11-19-16/h1-2,4-8,10-11,16,18H,3,9,12-13H2. The second-order valence-corrected chi connectivity index (χ2v) is 4.98. The fourth-order valence-electron chi connectivity index (χ4n) is 2.55. The third-order valence-electron chi connectivity index (χ3n) is 3.59. The third kappa shape index (κ3) is 2.96. The van der Waals surface area contributed by atoms with E-state index in [1.54, 1.807) is 0 Å². The molecule has 2 aromatic rings. The Morgan fingerprint density at radius 3 is 2.89 bits per heavy atom. The van der Waals surface area contributed by atoms with E-state index in [9.17, 15) is 0 Å². The number of benzene rings is 2. The van der Waals surface area contributed by atoms with Gasteiger partial charge in [-0.2, -0.15) is 0 Å². The predicted octanol–water partition coefficient (Wildman–Crippen LogP) is 3.62. The van der Waals surface area contributed by atoms with Crippen LogP contribution in [0.4, 0.5) is 0 Å². The fourth-order valence-corrected chi connectivity index (χ4v) is 2.55. The first-order valence-electron chi connectivity index (χ1n) is 6.91. The highest BCUT2D eigenvalue weighted by Crippen LogP contribution is 2.18. The number of hydrogen-bond donors (Lipinski definition) is 1. The largest absolute Gasteiger partial charge is 0.497 e. The molecule has 2 aromatic carbocycles. The zero-order valence-electron chi connectivity index (χ0n) is 11.0. The van der Waals surface area contributed by atoms with E-state index in [1.165, 1.54) is 16.3 Å². The van der Waals surface area contributed by atoms with Crippen LogP contribution >= 0.6 is 0 Å². The molecule has 0 saturated carbocycles. The number of allylic oxidation sites excluding steroid dienone is 1. The first-order valence-corrected chi connectivity index (χ1v) is 6.91. The summed E-state index contributed by atoms with van der Waals surface area (Å²) in [5, 5.41) is 6.14. The van der Waals surface area contributed by atoms with Gasteiger partial charge in [-0.25, -0.2) is 0 Å². The molecule has 3 rings (SSSR count). The van der Waals surface area contributed by atoms with Gasteiger partial charge < -0.3 is 10.1 Å². The van der Waals surface area contributed by atoms with Gasteiger partial charge in [0.1, 0.15) is 6.10 Å². The van der Waals surface area contributed by atoms with Crippen LogP contribution in [0, 0.1) is 0 Å². The smallest absolute Gasteiger partial charge is 0.110 e. The van der Waals surface area contributed by atoms with Crippen LogP contribution in [0.1, 0.15) is 18.4 Å². The van der Waals surface area contributed by atoms with Crippen molar-refractivity contribution in [1.29, 1.82) is 0 Å². The zero-order chi connectivity index (χ0) is 12.9. The molecule has 0 aromatic heterocycles. The zero-order valence-corrected chi connectivity index (χ0v) is 11.0. The summed E-state index contributed by atoms with van der Waals surface area (Å²) in [7, 11) is 0. The lowest BCUT2D eigenvalue weighted by molar-refractivity contribution is 0.122. The lowest BCUT2D eigenvalue weighted by atomic mass is 10.0. The minimum absolute atomic E-state index is 0.319. The van der Waals surface area contributed by atoms with E-state index < -0.39 is 0 Å². The Kier molecular flexibility index (Phi) is 3.80. The van der Waals surface area contributed by atoms with Crippen LogP contribution in [0.25, 0.3) is 10.8 Å². The quantitative estimate of drug-likeness (QED) is 0.898. The van der Waals surface area contributed by atoms with Crippen LogP contribution in [-0.4, -0.2) is 12.6 Å². The molecule has 0 saturated heterocycles. The van der Waals surface area contributed by atoms with Crippen LogP contribution in [0.15, 0.2) is 54.8 Å². The van der Waals surface area contributed by atoms with Gasteiger partial charge >= 0.3 is 0 Å². The van der Waals surface area contributed by atoms with E-state index in [1.807, 2.05) is 6.26 Å². The Morgan fingerprint density at radius 1 is 1.11 bits per heavy atom. The number of rotatable bonds is 4. The van der Waals surface area contributed by atoms with Crippen molar-refractivity contribution in [3.8, 4) is 0 Å². The van der Waals surface area contributed by atoms with Crippen LogP contribution in [-0.2, 0) is 11.3 Å². The summed E-state index contributed by atoms with van der Waals surface area (Å²) in [5.41, 5.74) is 1.35. The lowest BCUT2D eigenvalue weighted by Crippen LogP contribution is -2.28. The molecule has 98 valence electrons. The lowest BCUT2D eigenvalue weighted by Gasteiger charge is -2.20. The van der Waals surface area contributed by atoms with Crippen molar-refractivity contribution < 1.29 is 4.74 Å². The number of nitrogens with one attached hydrogen (secondary N) is 1. The molecule has 1 unspecified atom stereocenters. The third-order valence-corrected chi connectivity index (χ3v) is 3.59.